The third-order valence-electron chi connectivity index (χ3n) is 4.25. The van der Waals surface area contributed by atoms with Crippen molar-refractivity contribution in [3.63, 3.8) is 0 Å². The first-order valence-electron chi connectivity index (χ1n) is 8.76. The van der Waals surface area contributed by atoms with E-state index in [-0.39, 0.29) is 21.1 Å². The van der Waals surface area contributed by atoms with E-state index in [9.17, 15) is 21.6 Å². The number of methoxy groups -OCH3 is 1. The van der Waals surface area contributed by atoms with Gasteiger partial charge in [-0.15, -0.1) is 6.58 Å². The molecule has 164 valence electrons. The molecule has 1 heterocycles. The molecule has 0 saturated heterocycles. The Labute approximate surface area is 183 Å². The van der Waals surface area contributed by atoms with E-state index in [1.807, 2.05) is 0 Å². The van der Waals surface area contributed by atoms with Gasteiger partial charge in [-0.05, 0) is 42.5 Å². The molecule has 0 bridgehead atoms. The number of allylic oxidation sites excluding steroid dienone is 1. The summed E-state index contributed by atoms with van der Waals surface area (Å²) >= 11 is 1.05. The number of nitrogens with zero attached hydrogens (tertiary/aromatic N) is 2. The number of benzene rings is 2. The van der Waals surface area contributed by atoms with Crippen LogP contribution < -0.4 is 14.7 Å². The summed E-state index contributed by atoms with van der Waals surface area (Å²) in [6.07, 6.45) is 1.58. The Bertz CT molecular complexity index is 1430. The number of thiazole rings is 1. The van der Waals surface area contributed by atoms with E-state index in [4.69, 9.17) is 9.88 Å². The molecule has 0 aliphatic heterocycles. The molecule has 0 atom stereocenters. The van der Waals surface area contributed by atoms with Crippen LogP contribution in [0.25, 0.3) is 10.2 Å². The van der Waals surface area contributed by atoms with Crippen LogP contribution >= 0.6 is 11.3 Å². The van der Waals surface area contributed by atoms with Gasteiger partial charge in [0.05, 0.1) is 27.1 Å². The highest BCUT2D eigenvalue weighted by molar-refractivity contribution is 7.92. The van der Waals surface area contributed by atoms with Gasteiger partial charge in [0, 0.05) is 6.54 Å². The smallest absolute Gasteiger partial charge is 0.263 e. The Kier molecular flexibility index (Phi) is 6.46. The highest BCUT2D eigenvalue weighted by Gasteiger charge is 2.20. The number of fused-ring (bicyclic) bond motifs is 1. The van der Waals surface area contributed by atoms with E-state index in [1.54, 1.807) is 16.7 Å². The maximum atomic E-state index is 12.5. The summed E-state index contributed by atoms with van der Waals surface area (Å²) in [7, 11) is -6.35. The summed E-state index contributed by atoms with van der Waals surface area (Å²) in [4.78, 5) is 16.5. The second-order valence-corrected chi connectivity index (χ2v) is 11.0. The van der Waals surface area contributed by atoms with Crippen molar-refractivity contribution >= 4 is 47.3 Å². The predicted molar refractivity (Wildman–Crippen MR) is 117 cm³/mol. The summed E-state index contributed by atoms with van der Waals surface area (Å²) in [6.45, 7) is 3.95. The molecule has 0 fully saturated rings. The molecular formula is C19H19N3O6S3. The van der Waals surface area contributed by atoms with Gasteiger partial charge < -0.3 is 9.30 Å². The minimum absolute atomic E-state index is 0.0232. The Morgan fingerprint density at radius 2 is 1.81 bits per heavy atom. The minimum Gasteiger partial charge on any atom is -0.497 e. The average molecular weight is 482 g/mol. The molecule has 9 nitrogen and oxygen atoms in total. The first-order valence-corrected chi connectivity index (χ1v) is 12.8. The zero-order valence-corrected chi connectivity index (χ0v) is 18.8. The van der Waals surface area contributed by atoms with Crippen molar-refractivity contribution in [2.75, 3.05) is 12.9 Å². The molecule has 0 unspecified atom stereocenters. The number of sulfone groups is 1. The first kappa shape index (κ1) is 22.9. The third-order valence-corrected chi connectivity index (χ3v) is 7.82. The zero-order valence-electron chi connectivity index (χ0n) is 16.4. The van der Waals surface area contributed by atoms with Gasteiger partial charge in [-0.1, -0.05) is 17.4 Å². The predicted octanol–water partition coefficient (Wildman–Crippen LogP) is 1.45. The number of carbonyl (C=O) groups is 1. The quantitative estimate of drug-likeness (QED) is 0.507. The average Bonchev–Trinajstić information content (AvgIpc) is 3.03. The summed E-state index contributed by atoms with van der Waals surface area (Å²) < 4.78 is 55.5. The summed E-state index contributed by atoms with van der Waals surface area (Å²) in [5.41, 5.74) is 0.613. The van der Waals surface area contributed by atoms with Crippen molar-refractivity contribution in [1.82, 2.24) is 4.57 Å². The SMILES string of the molecule is C=CCn1c(=NC(=O)CS(=O)(=O)c2ccc(OC)cc2)sc2cc(S(N)(=O)=O)ccc21. The molecule has 0 aliphatic carbocycles. The standard InChI is InChI=1S/C19H19N3O6S3/c1-3-10-22-16-9-8-15(31(20,26)27)11-17(16)29-19(22)21-18(23)12-30(24,25)14-6-4-13(28-2)5-7-14/h3-9,11H,1,10,12H2,2H3,(H2,20,26,27). The van der Waals surface area contributed by atoms with Crippen LogP contribution in [0.3, 0.4) is 0 Å². The van der Waals surface area contributed by atoms with E-state index < -0.39 is 31.5 Å². The van der Waals surface area contributed by atoms with Gasteiger partial charge in [0.2, 0.25) is 10.0 Å². The molecule has 2 aromatic carbocycles. The molecule has 0 aliphatic rings. The summed E-state index contributed by atoms with van der Waals surface area (Å²) in [5.74, 6) is -1.18. The molecule has 2 N–H and O–H groups in total. The Balaban J connectivity index is 2.00. The van der Waals surface area contributed by atoms with Crippen molar-refractivity contribution in [2.45, 2.75) is 16.3 Å². The van der Waals surface area contributed by atoms with Gasteiger partial charge in [-0.25, -0.2) is 22.0 Å². The molecule has 0 saturated carbocycles. The van der Waals surface area contributed by atoms with Crippen LogP contribution in [0.2, 0.25) is 0 Å². The number of primary sulfonamides is 1. The molecule has 3 aromatic rings. The number of hydrogen-bond donors (Lipinski definition) is 1. The van der Waals surface area contributed by atoms with Crippen LogP contribution in [0.15, 0.2) is 69.9 Å². The van der Waals surface area contributed by atoms with Crippen molar-refractivity contribution in [3.8, 4) is 5.75 Å². The molecule has 1 amide bonds. The second-order valence-electron chi connectivity index (χ2n) is 6.40. The van der Waals surface area contributed by atoms with Gasteiger partial charge in [-0.3, -0.25) is 4.79 Å². The third kappa shape index (κ3) is 5.10. The lowest BCUT2D eigenvalue weighted by molar-refractivity contribution is -0.115. The van der Waals surface area contributed by atoms with Gasteiger partial charge in [0.15, 0.2) is 14.6 Å². The zero-order chi connectivity index (χ0) is 22.8. The highest BCUT2D eigenvalue weighted by Crippen LogP contribution is 2.22. The number of nitrogens with two attached hydrogens (primary N) is 1. The normalized spacial score (nSPS) is 12.8. The van der Waals surface area contributed by atoms with Crippen LogP contribution in [0, 0.1) is 0 Å². The highest BCUT2D eigenvalue weighted by atomic mass is 32.2. The molecule has 1 aromatic heterocycles. The lowest BCUT2D eigenvalue weighted by Gasteiger charge is -2.04. The van der Waals surface area contributed by atoms with E-state index in [2.05, 4.69) is 11.6 Å². The number of carbonyl (C=O) groups excluding carboxylic acids is 1. The first-order chi connectivity index (χ1) is 14.5. The van der Waals surface area contributed by atoms with Crippen LogP contribution in [0.1, 0.15) is 0 Å². The fourth-order valence-corrected chi connectivity index (χ4v) is 5.61. The van der Waals surface area contributed by atoms with Gasteiger partial charge >= 0.3 is 0 Å². The Morgan fingerprint density at radius 1 is 1.16 bits per heavy atom. The van der Waals surface area contributed by atoms with Gasteiger partial charge in [0.25, 0.3) is 5.91 Å². The van der Waals surface area contributed by atoms with Crippen molar-refractivity contribution < 1.29 is 26.4 Å². The fraction of sp³-hybridized carbons (Fsp3) is 0.158. The number of sulfonamides is 1. The minimum atomic E-state index is -3.91. The number of amides is 1. The molecule has 0 spiro atoms. The molecule has 0 radical (unpaired) electrons. The van der Waals surface area contributed by atoms with Crippen LogP contribution in [-0.4, -0.2) is 40.2 Å². The molecular weight excluding hydrogens is 462 g/mol. The number of rotatable bonds is 7. The summed E-state index contributed by atoms with van der Waals surface area (Å²) in [5, 5.41) is 5.18. The fourth-order valence-electron chi connectivity index (χ4n) is 2.79. The monoisotopic (exact) mass is 481 g/mol. The molecule has 31 heavy (non-hydrogen) atoms. The van der Waals surface area contributed by atoms with Gasteiger partial charge in [-0.2, -0.15) is 4.99 Å². The van der Waals surface area contributed by atoms with Crippen molar-refractivity contribution in [2.24, 2.45) is 10.1 Å². The maximum Gasteiger partial charge on any atom is 0.263 e. The van der Waals surface area contributed by atoms with Crippen LogP contribution in [-0.2, 0) is 31.2 Å². The largest absolute Gasteiger partial charge is 0.497 e. The number of hydrogen-bond acceptors (Lipinski definition) is 7. The number of aromatic nitrogens is 1. The van der Waals surface area contributed by atoms with Crippen LogP contribution in [0.5, 0.6) is 5.75 Å². The summed E-state index contributed by atoms with van der Waals surface area (Å²) in [6, 6.07) is 9.97. The Hall–Kier alpha value is -2.80. The van der Waals surface area contributed by atoms with E-state index >= 15 is 0 Å². The molecule has 3 rings (SSSR count). The molecule has 12 heteroatoms. The second kappa shape index (κ2) is 8.75. The van der Waals surface area contributed by atoms with E-state index in [0.29, 0.717) is 16.0 Å². The van der Waals surface area contributed by atoms with Crippen LogP contribution in [0.4, 0.5) is 0 Å². The Morgan fingerprint density at radius 3 is 2.39 bits per heavy atom. The topological polar surface area (TPSA) is 138 Å². The maximum absolute atomic E-state index is 12.5. The lowest BCUT2D eigenvalue weighted by Crippen LogP contribution is -2.20. The number of ether oxygens (including phenoxy) is 1. The van der Waals surface area contributed by atoms with E-state index in [1.165, 1.54) is 43.5 Å². The van der Waals surface area contributed by atoms with Crippen molar-refractivity contribution in [1.29, 1.82) is 0 Å². The van der Waals surface area contributed by atoms with Crippen molar-refractivity contribution in [3.05, 3.63) is 59.9 Å². The van der Waals surface area contributed by atoms with Gasteiger partial charge in [0.1, 0.15) is 11.5 Å². The van der Waals surface area contributed by atoms with E-state index in [0.717, 1.165) is 11.3 Å². The lowest BCUT2D eigenvalue weighted by atomic mass is 10.3.